The van der Waals surface area contributed by atoms with Crippen LogP contribution >= 0.6 is 0 Å². The highest BCUT2D eigenvalue weighted by molar-refractivity contribution is 5.78. The van der Waals surface area contributed by atoms with Gasteiger partial charge in [0.15, 0.2) is 11.6 Å². The molecule has 0 aliphatic carbocycles. The average molecular weight is 395 g/mol. The highest BCUT2D eigenvalue weighted by Gasteiger charge is 2.55. The first kappa shape index (κ1) is 19.2. The number of nitrogens with zero attached hydrogens (tertiary/aromatic N) is 4. The highest BCUT2D eigenvalue weighted by Crippen LogP contribution is 2.49. The molecular formula is C21H22FN5O2. The Morgan fingerprint density at radius 2 is 2.17 bits per heavy atom. The van der Waals surface area contributed by atoms with Gasteiger partial charge in [-0.1, -0.05) is 6.07 Å². The van der Waals surface area contributed by atoms with Crippen molar-refractivity contribution in [3.05, 3.63) is 47.8 Å². The number of nitriles is 1. The molecule has 4 rings (SSSR count). The number of halogens is 1. The van der Waals surface area contributed by atoms with Crippen molar-refractivity contribution in [2.45, 2.75) is 24.2 Å². The van der Waals surface area contributed by atoms with E-state index in [0.29, 0.717) is 29.9 Å². The molecule has 2 aliphatic heterocycles. The number of benzene rings is 1. The molecule has 2 aliphatic rings. The lowest BCUT2D eigenvalue weighted by molar-refractivity contribution is -0.126. The molecular weight excluding hydrogens is 373 g/mol. The van der Waals surface area contributed by atoms with E-state index in [0.717, 1.165) is 11.1 Å². The second kappa shape index (κ2) is 7.33. The van der Waals surface area contributed by atoms with Gasteiger partial charge in [0.25, 0.3) is 0 Å². The zero-order chi connectivity index (χ0) is 20.6. The molecule has 1 saturated heterocycles. The highest BCUT2D eigenvalue weighted by atomic mass is 19.1. The van der Waals surface area contributed by atoms with Crippen LogP contribution in [0.3, 0.4) is 0 Å². The average Bonchev–Trinajstić information content (AvgIpc) is 2.73. The molecule has 0 amide bonds. The topological polar surface area (TPSA) is 96.8 Å². The maximum absolute atomic E-state index is 16.2. The molecule has 2 N–H and O–H groups in total. The largest absolute Gasteiger partial charge is 0.486 e. The van der Waals surface area contributed by atoms with Crippen molar-refractivity contribution < 1.29 is 13.9 Å². The van der Waals surface area contributed by atoms with Crippen molar-refractivity contribution in [2.75, 3.05) is 27.3 Å². The van der Waals surface area contributed by atoms with Crippen molar-refractivity contribution >= 4 is 5.96 Å². The van der Waals surface area contributed by atoms with Crippen molar-refractivity contribution in [1.82, 2.24) is 9.88 Å². The van der Waals surface area contributed by atoms with Gasteiger partial charge in [0, 0.05) is 44.0 Å². The van der Waals surface area contributed by atoms with Crippen LogP contribution in [-0.2, 0) is 4.74 Å². The Morgan fingerprint density at radius 3 is 2.93 bits per heavy atom. The number of nitrogens with two attached hydrogens (primary N) is 1. The summed E-state index contributed by atoms with van der Waals surface area (Å²) in [6.07, 6.45) is 2.95. The van der Waals surface area contributed by atoms with Crippen LogP contribution in [0, 0.1) is 11.3 Å². The van der Waals surface area contributed by atoms with E-state index in [2.05, 4.69) is 16.0 Å². The number of aromatic nitrogens is 1. The third-order valence-corrected chi connectivity index (χ3v) is 5.33. The summed E-state index contributed by atoms with van der Waals surface area (Å²) in [6, 6.07) is 8.47. The number of ether oxygens (including phenoxy) is 2. The lowest BCUT2D eigenvalue weighted by Gasteiger charge is -2.45. The van der Waals surface area contributed by atoms with E-state index in [9.17, 15) is 0 Å². The molecule has 8 heteroatoms. The lowest BCUT2D eigenvalue weighted by Crippen LogP contribution is -2.56. The van der Waals surface area contributed by atoms with Gasteiger partial charge in [-0.15, -0.1) is 0 Å². The fourth-order valence-corrected chi connectivity index (χ4v) is 3.71. The number of fused-ring (bicyclic) bond motifs is 2. The summed E-state index contributed by atoms with van der Waals surface area (Å²) in [5.74, 6) is 0.807. The minimum Gasteiger partial charge on any atom is -0.486 e. The first-order chi connectivity index (χ1) is 13.9. The van der Waals surface area contributed by atoms with Crippen molar-refractivity contribution in [2.24, 2.45) is 10.7 Å². The number of alkyl halides is 1. The van der Waals surface area contributed by atoms with E-state index in [1.807, 2.05) is 18.2 Å². The van der Waals surface area contributed by atoms with E-state index in [1.165, 1.54) is 6.20 Å². The second-order valence-electron chi connectivity index (χ2n) is 7.49. The van der Waals surface area contributed by atoms with Gasteiger partial charge in [-0.3, -0.25) is 4.98 Å². The predicted molar refractivity (Wildman–Crippen MR) is 106 cm³/mol. The first-order valence-corrected chi connectivity index (χ1v) is 9.36. The molecule has 1 aromatic heterocycles. The Kier molecular flexibility index (Phi) is 4.84. The van der Waals surface area contributed by atoms with Crippen LogP contribution in [0.15, 0.2) is 41.7 Å². The van der Waals surface area contributed by atoms with E-state index in [-0.39, 0.29) is 12.6 Å². The molecule has 2 aromatic rings. The third kappa shape index (κ3) is 3.38. The molecule has 3 heterocycles. The molecule has 0 bridgehead atoms. The summed E-state index contributed by atoms with van der Waals surface area (Å²) >= 11 is 0. The summed E-state index contributed by atoms with van der Waals surface area (Å²) in [6.45, 7) is 0.331. The number of pyridine rings is 1. The normalized spacial score (nSPS) is 25.9. The van der Waals surface area contributed by atoms with Crippen molar-refractivity contribution in [1.29, 1.82) is 5.26 Å². The molecule has 0 spiro atoms. The van der Waals surface area contributed by atoms with Gasteiger partial charge in [-0.05, 0) is 23.8 Å². The monoisotopic (exact) mass is 395 g/mol. The van der Waals surface area contributed by atoms with Gasteiger partial charge in [0.1, 0.15) is 24.0 Å². The minimum absolute atomic E-state index is 0.109. The number of guanidine groups is 1. The van der Waals surface area contributed by atoms with Crippen LogP contribution in [0.5, 0.6) is 5.75 Å². The first-order valence-electron chi connectivity index (χ1n) is 9.36. The maximum atomic E-state index is 16.2. The van der Waals surface area contributed by atoms with E-state index >= 15 is 4.39 Å². The Balaban J connectivity index is 1.85. The van der Waals surface area contributed by atoms with Crippen LogP contribution in [0.25, 0.3) is 11.1 Å². The van der Waals surface area contributed by atoms with Gasteiger partial charge in [0.2, 0.25) is 0 Å². The standard InChI is InChI=1S/C21H22FN5O2/c1-27(2)20(24)26-19-16-8-14(15-7-13(9-23)10-25-11-15)3-4-17(16)29-18-5-6-28-12-21(18,19)22/h3-4,7-8,10-11,18-19H,5-6,12H2,1-2H3,(H2,24,26). The SMILES string of the molecule is CN(C)C(N)=NC1c2cc(-c3cncc(C#N)c3)ccc2OC2CCOCC21F. The van der Waals surface area contributed by atoms with E-state index in [1.54, 1.807) is 31.3 Å². The fourth-order valence-electron chi connectivity index (χ4n) is 3.71. The maximum Gasteiger partial charge on any atom is 0.197 e. The smallest absolute Gasteiger partial charge is 0.197 e. The van der Waals surface area contributed by atoms with Crippen LogP contribution in [0.1, 0.15) is 23.6 Å². The molecule has 1 aromatic carbocycles. The van der Waals surface area contributed by atoms with E-state index < -0.39 is 17.8 Å². The summed E-state index contributed by atoms with van der Waals surface area (Å²) in [5, 5.41) is 9.15. The molecule has 3 atom stereocenters. The third-order valence-electron chi connectivity index (χ3n) is 5.33. The molecule has 0 radical (unpaired) electrons. The number of aliphatic imine (C=N–C) groups is 1. The number of hydrogen-bond acceptors (Lipinski definition) is 5. The minimum atomic E-state index is -1.82. The molecule has 3 unspecified atom stereocenters. The second-order valence-corrected chi connectivity index (χ2v) is 7.49. The fraction of sp³-hybridized carbons (Fsp3) is 0.381. The number of rotatable bonds is 2. The summed E-state index contributed by atoms with van der Waals surface area (Å²) in [5.41, 5.74) is 6.82. The summed E-state index contributed by atoms with van der Waals surface area (Å²) in [4.78, 5) is 10.3. The zero-order valence-corrected chi connectivity index (χ0v) is 16.3. The summed E-state index contributed by atoms with van der Waals surface area (Å²) < 4.78 is 27.6. The molecule has 7 nitrogen and oxygen atoms in total. The molecule has 150 valence electrons. The van der Waals surface area contributed by atoms with Crippen LogP contribution in [0.4, 0.5) is 4.39 Å². The van der Waals surface area contributed by atoms with Crippen LogP contribution < -0.4 is 10.5 Å². The van der Waals surface area contributed by atoms with Crippen LogP contribution in [-0.4, -0.2) is 54.9 Å². The number of hydrogen-bond donors (Lipinski definition) is 1. The van der Waals surface area contributed by atoms with Gasteiger partial charge in [-0.2, -0.15) is 5.26 Å². The van der Waals surface area contributed by atoms with Crippen molar-refractivity contribution in [3.8, 4) is 22.9 Å². The quantitative estimate of drug-likeness (QED) is 0.620. The van der Waals surface area contributed by atoms with Crippen LogP contribution in [0.2, 0.25) is 0 Å². The van der Waals surface area contributed by atoms with Gasteiger partial charge in [-0.25, -0.2) is 9.38 Å². The zero-order valence-electron chi connectivity index (χ0n) is 16.3. The van der Waals surface area contributed by atoms with E-state index in [4.69, 9.17) is 20.5 Å². The Bertz CT molecular complexity index is 1000. The molecule has 29 heavy (non-hydrogen) atoms. The lowest BCUT2D eigenvalue weighted by atomic mass is 9.80. The van der Waals surface area contributed by atoms with Crippen molar-refractivity contribution in [3.63, 3.8) is 0 Å². The molecule has 1 fully saturated rings. The van der Waals surface area contributed by atoms with Gasteiger partial charge >= 0.3 is 0 Å². The predicted octanol–water partition coefficient (Wildman–Crippen LogP) is 2.43. The Morgan fingerprint density at radius 1 is 1.34 bits per heavy atom. The van der Waals surface area contributed by atoms with Gasteiger partial charge < -0.3 is 20.1 Å². The summed E-state index contributed by atoms with van der Waals surface area (Å²) in [7, 11) is 3.52. The van der Waals surface area contributed by atoms with Gasteiger partial charge in [0.05, 0.1) is 18.8 Å². The Hall–Kier alpha value is -3.18. The molecule has 0 saturated carbocycles. The Labute approximate surface area is 168 Å².